The number of fused-ring (bicyclic) bond motifs is 1. The Balaban J connectivity index is 2.94. The van der Waals surface area contributed by atoms with Gasteiger partial charge in [0.25, 0.3) is 5.69 Å². The van der Waals surface area contributed by atoms with Gasteiger partial charge in [-0.05, 0) is 31.0 Å². The number of rotatable bonds is 1. The molecule has 0 atom stereocenters. The fourth-order valence-corrected chi connectivity index (χ4v) is 1.65. The second-order valence-electron chi connectivity index (χ2n) is 3.49. The van der Waals surface area contributed by atoms with E-state index in [1.165, 1.54) is 0 Å². The lowest BCUT2D eigenvalue weighted by molar-refractivity contribution is -0.383. The standard InChI is InChI=1S/C11H10N2O2/c1-7-6-10(13(14)15)11-9(8(7)2)4-3-5-12-11/h3-6H,1-2H3. The highest BCUT2D eigenvalue weighted by atomic mass is 16.6. The molecule has 2 aromatic rings. The summed E-state index contributed by atoms with van der Waals surface area (Å²) in [6.45, 7) is 3.82. The average molecular weight is 202 g/mol. The van der Waals surface area contributed by atoms with E-state index in [4.69, 9.17) is 0 Å². The van der Waals surface area contributed by atoms with Crippen molar-refractivity contribution >= 4 is 16.6 Å². The number of aromatic nitrogens is 1. The Kier molecular flexibility index (Phi) is 2.11. The lowest BCUT2D eigenvalue weighted by Crippen LogP contribution is -1.95. The van der Waals surface area contributed by atoms with Crippen molar-refractivity contribution in [3.8, 4) is 0 Å². The summed E-state index contributed by atoms with van der Waals surface area (Å²) in [6.07, 6.45) is 1.57. The van der Waals surface area contributed by atoms with Gasteiger partial charge in [-0.1, -0.05) is 6.07 Å². The maximum absolute atomic E-state index is 10.8. The summed E-state index contributed by atoms with van der Waals surface area (Å²) in [5, 5.41) is 11.7. The Morgan fingerprint density at radius 1 is 1.40 bits per heavy atom. The molecule has 0 saturated heterocycles. The molecular weight excluding hydrogens is 192 g/mol. The minimum absolute atomic E-state index is 0.0775. The van der Waals surface area contributed by atoms with Gasteiger partial charge < -0.3 is 0 Å². The topological polar surface area (TPSA) is 56.0 Å². The molecule has 15 heavy (non-hydrogen) atoms. The van der Waals surface area contributed by atoms with E-state index in [2.05, 4.69) is 4.98 Å². The van der Waals surface area contributed by atoms with E-state index in [0.29, 0.717) is 5.52 Å². The molecule has 1 aromatic carbocycles. The highest BCUT2D eigenvalue weighted by Crippen LogP contribution is 2.28. The fourth-order valence-electron chi connectivity index (χ4n) is 1.65. The van der Waals surface area contributed by atoms with Crippen molar-refractivity contribution in [1.82, 2.24) is 4.98 Å². The van der Waals surface area contributed by atoms with E-state index in [1.807, 2.05) is 19.9 Å². The number of hydrogen-bond acceptors (Lipinski definition) is 3. The maximum Gasteiger partial charge on any atom is 0.295 e. The molecule has 0 amide bonds. The second-order valence-corrected chi connectivity index (χ2v) is 3.49. The zero-order valence-corrected chi connectivity index (χ0v) is 8.52. The molecule has 0 aliphatic carbocycles. The van der Waals surface area contributed by atoms with Crippen molar-refractivity contribution in [1.29, 1.82) is 0 Å². The zero-order valence-electron chi connectivity index (χ0n) is 8.52. The molecule has 0 aliphatic heterocycles. The van der Waals surface area contributed by atoms with Crippen LogP contribution in [0.3, 0.4) is 0 Å². The molecule has 0 radical (unpaired) electrons. The molecule has 4 nitrogen and oxygen atoms in total. The van der Waals surface area contributed by atoms with Crippen LogP contribution in [0, 0.1) is 24.0 Å². The SMILES string of the molecule is Cc1cc([N+](=O)[O-])c2ncccc2c1C. The van der Waals surface area contributed by atoms with Gasteiger partial charge in [0.05, 0.1) is 4.92 Å². The van der Waals surface area contributed by atoms with Gasteiger partial charge in [0.2, 0.25) is 0 Å². The van der Waals surface area contributed by atoms with Crippen LogP contribution in [0.1, 0.15) is 11.1 Å². The summed E-state index contributed by atoms with van der Waals surface area (Å²) < 4.78 is 0. The minimum Gasteiger partial charge on any atom is -0.258 e. The lowest BCUT2D eigenvalue weighted by Gasteiger charge is -2.05. The Morgan fingerprint density at radius 3 is 2.80 bits per heavy atom. The summed E-state index contributed by atoms with van der Waals surface area (Å²) in [5.41, 5.74) is 2.50. The van der Waals surface area contributed by atoms with Gasteiger partial charge >= 0.3 is 0 Å². The van der Waals surface area contributed by atoms with E-state index in [9.17, 15) is 10.1 Å². The highest BCUT2D eigenvalue weighted by molar-refractivity contribution is 5.90. The van der Waals surface area contributed by atoms with E-state index < -0.39 is 0 Å². The van der Waals surface area contributed by atoms with E-state index >= 15 is 0 Å². The first-order valence-electron chi connectivity index (χ1n) is 4.60. The molecule has 1 aromatic heterocycles. The summed E-state index contributed by atoms with van der Waals surface area (Å²) in [5.74, 6) is 0. The Labute approximate surface area is 86.7 Å². The third-order valence-corrected chi connectivity index (χ3v) is 2.60. The van der Waals surface area contributed by atoms with Crippen molar-refractivity contribution in [2.75, 3.05) is 0 Å². The number of pyridine rings is 1. The minimum atomic E-state index is -0.387. The van der Waals surface area contributed by atoms with Crippen LogP contribution in [-0.2, 0) is 0 Å². The second kappa shape index (κ2) is 3.31. The third kappa shape index (κ3) is 1.44. The normalized spacial score (nSPS) is 10.5. The quantitative estimate of drug-likeness (QED) is 0.527. The average Bonchev–Trinajstić information content (AvgIpc) is 2.23. The molecule has 76 valence electrons. The zero-order chi connectivity index (χ0) is 11.0. The molecule has 0 fully saturated rings. The van der Waals surface area contributed by atoms with Gasteiger partial charge in [-0.25, -0.2) is 4.98 Å². The first kappa shape index (κ1) is 9.58. The number of aryl methyl sites for hydroxylation is 2. The van der Waals surface area contributed by atoms with Gasteiger partial charge in [-0.15, -0.1) is 0 Å². The molecule has 0 spiro atoms. The number of nitrogens with zero attached hydrogens (tertiary/aromatic N) is 2. The molecule has 0 N–H and O–H groups in total. The molecule has 0 saturated carbocycles. The lowest BCUT2D eigenvalue weighted by atomic mass is 10.0. The first-order chi connectivity index (χ1) is 7.11. The Morgan fingerprint density at radius 2 is 2.13 bits per heavy atom. The number of nitro groups is 1. The van der Waals surface area contributed by atoms with E-state index in [0.717, 1.165) is 16.5 Å². The van der Waals surface area contributed by atoms with Crippen molar-refractivity contribution in [3.05, 3.63) is 45.6 Å². The summed E-state index contributed by atoms with van der Waals surface area (Å²) in [4.78, 5) is 14.5. The van der Waals surface area contributed by atoms with Crippen LogP contribution in [0.15, 0.2) is 24.4 Å². The Hall–Kier alpha value is -1.97. The number of nitro benzene ring substituents is 1. The van der Waals surface area contributed by atoms with Crippen LogP contribution < -0.4 is 0 Å². The van der Waals surface area contributed by atoms with Crippen molar-refractivity contribution in [3.63, 3.8) is 0 Å². The van der Waals surface area contributed by atoms with Crippen LogP contribution >= 0.6 is 0 Å². The highest BCUT2D eigenvalue weighted by Gasteiger charge is 2.15. The smallest absolute Gasteiger partial charge is 0.258 e. The van der Waals surface area contributed by atoms with Gasteiger partial charge in [-0.3, -0.25) is 10.1 Å². The Bertz CT molecular complexity index is 550. The van der Waals surface area contributed by atoms with Gasteiger partial charge in [0, 0.05) is 17.6 Å². The molecule has 4 heteroatoms. The summed E-state index contributed by atoms with van der Waals surface area (Å²) in [6, 6.07) is 5.22. The number of hydrogen-bond donors (Lipinski definition) is 0. The molecule has 0 unspecified atom stereocenters. The van der Waals surface area contributed by atoms with E-state index in [-0.39, 0.29) is 10.6 Å². The summed E-state index contributed by atoms with van der Waals surface area (Å²) in [7, 11) is 0. The van der Waals surface area contributed by atoms with Crippen LogP contribution in [0.5, 0.6) is 0 Å². The predicted octanol–water partition coefficient (Wildman–Crippen LogP) is 2.76. The van der Waals surface area contributed by atoms with Crippen LogP contribution in [0.4, 0.5) is 5.69 Å². The van der Waals surface area contributed by atoms with Crippen LogP contribution in [0.2, 0.25) is 0 Å². The molecule has 0 bridgehead atoms. The van der Waals surface area contributed by atoms with Crippen LogP contribution in [-0.4, -0.2) is 9.91 Å². The molecular formula is C11H10N2O2. The van der Waals surface area contributed by atoms with Crippen molar-refractivity contribution < 1.29 is 4.92 Å². The van der Waals surface area contributed by atoms with Crippen molar-refractivity contribution in [2.45, 2.75) is 13.8 Å². The molecule has 0 aliphatic rings. The van der Waals surface area contributed by atoms with Gasteiger partial charge in [-0.2, -0.15) is 0 Å². The maximum atomic E-state index is 10.8. The monoisotopic (exact) mass is 202 g/mol. The third-order valence-electron chi connectivity index (χ3n) is 2.60. The van der Waals surface area contributed by atoms with Gasteiger partial charge in [0.1, 0.15) is 5.52 Å². The largest absolute Gasteiger partial charge is 0.295 e. The van der Waals surface area contributed by atoms with E-state index in [1.54, 1.807) is 18.3 Å². The van der Waals surface area contributed by atoms with Crippen molar-refractivity contribution in [2.24, 2.45) is 0 Å². The molecule has 1 heterocycles. The van der Waals surface area contributed by atoms with Gasteiger partial charge in [0.15, 0.2) is 0 Å². The first-order valence-corrected chi connectivity index (χ1v) is 4.60. The molecule has 2 rings (SSSR count). The fraction of sp³-hybridized carbons (Fsp3) is 0.182. The number of non-ortho nitro benzene ring substituents is 1. The predicted molar refractivity (Wildman–Crippen MR) is 57.9 cm³/mol. The number of benzene rings is 1. The van der Waals surface area contributed by atoms with Crippen LogP contribution in [0.25, 0.3) is 10.9 Å². The summed E-state index contributed by atoms with van der Waals surface area (Å²) >= 11 is 0.